The molecule has 3 rings (SSSR count). The lowest BCUT2D eigenvalue weighted by Gasteiger charge is -2.22. The molecule has 1 fully saturated rings. The van der Waals surface area contributed by atoms with Gasteiger partial charge < -0.3 is 10.0 Å². The van der Waals surface area contributed by atoms with Gasteiger partial charge in [0.05, 0.1) is 23.8 Å². The molecule has 0 saturated heterocycles. The molecule has 6 heteroatoms. The second-order valence-corrected chi connectivity index (χ2v) is 4.63. The first-order valence-corrected chi connectivity index (χ1v) is 6.18. The highest BCUT2D eigenvalue weighted by Gasteiger charge is 2.29. The molecular weight excluding hydrogens is 252 g/mol. The van der Waals surface area contributed by atoms with Crippen molar-refractivity contribution in [2.75, 3.05) is 18.1 Å². The highest BCUT2D eigenvalue weighted by Crippen LogP contribution is 2.30. The van der Waals surface area contributed by atoms with Crippen molar-refractivity contribution in [2.24, 2.45) is 0 Å². The van der Waals surface area contributed by atoms with Gasteiger partial charge >= 0.3 is 0 Å². The summed E-state index contributed by atoms with van der Waals surface area (Å²) < 4.78 is 26.3. The minimum Gasteiger partial charge on any atom is -0.395 e. The summed E-state index contributed by atoms with van der Waals surface area (Å²) in [5.74, 6) is -1.27. The maximum Gasteiger partial charge on any atom is 0.161 e. The second kappa shape index (κ2) is 4.70. The molecule has 0 atom stereocenters. The monoisotopic (exact) mass is 265 g/mol. The molecule has 0 radical (unpaired) electrons. The lowest BCUT2D eigenvalue weighted by molar-refractivity contribution is 0.301. The van der Waals surface area contributed by atoms with E-state index in [0.717, 1.165) is 25.0 Å². The van der Waals surface area contributed by atoms with Crippen LogP contribution >= 0.6 is 0 Å². The average Bonchev–Trinajstić information content (AvgIpc) is 3.21. The van der Waals surface area contributed by atoms with E-state index in [2.05, 4.69) is 9.97 Å². The third kappa shape index (κ3) is 2.35. The van der Waals surface area contributed by atoms with Crippen LogP contribution in [-0.2, 0) is 0 Å². The van der Waals surface area contributed by atoms with E-state index < -0.39 is 11.6 Å². The summed E-state index contributed by atoms with van der Waals surface area (Å²) in [6.45, 7) is 0.489. The minimum absolute atomic E-state index is 0.0218. The maximum atomic E-state index is 13.2. The van der Waals surface area contributed by atoms with Gasteiger partial charge in [-0.15, -0.1) is 0 Å². The van der Waals surface area contributed by atoms with Gasteiger partial charge in [0.1, 0.15) is 5.82 Å². The third-order valence-electron chi connectivity index (χ3n) is 3.19. The van der Waals surface area contributed by atoms with Crippen molar-refractivity contribution in [2.45, 2.75) is 18.9 Å². The number of aliphatic hydroxyl groups is 1. The summed E-state index contributed by atoms with van der Waals surface area (Å²) >= 11 is 0. The van der Waals surface area contributed by atoms with E-state index in [4.69, 9.17) is 5.11 Å². The molecule has 1 heterocycles. The summed E-state index contributed by atoms with van der Waals surface area (Å²) in [6, 6.07) is 2.45. The summed E-state index contributed by atoms with van der Waals surface area (Å²) in [7, 11) is 0. The maximum absolute atomic E-state index is 13.2. The number of hydrogen-bond donors (Lipinski definition) is 1. The van der Waals surface area contributed by atoms with Gasteiger partial charge in [-0.05, 0) is 12.8 Å². The summed E-state index contributed by atoms with van der Waals surface area (Å²) in [6.07, 6.45) is 3.64. The van der Waals surface area contributed by atoms with E-state index in [1.807, 2.05) is 4.90 Å². The Kier molecular flexibility index (Phi) is 3.02. The zero-order valence-electron chi connectivity index (χ0n) is 10.2. The van der Waals surface area contributed by atoms with Crippen LogP contribution in [0, 0.1) is 11.6 Å². The van der Waals surface area contributed by atoms with E-state index in [-0.39, 0.29) is 6.61 Å². The molecule has 1 aliphatic carbocycles. The number of fused-ring (bicyclic) bond motifs is 1. The highest BCUT2D eigenvalue weighted by molar-refractivity contribution is 5.75. The topological polar surface area (TPSA) is 49.2 Å². The van der Waals surface area contributed by atoms with Crippen LogP contribution in [0.4, 0.5) is 14.6 Å². The summed E-state index contributed by atoms with van der Waals surface area (Å²) in [5, 5.41) is 9.07. The molecule has 0 unspecified atom stereocenters. The van der Waals surface area contributed by atoms with Crippen LogP contribution in [0.1, 0.15) is 12.8 Å². The van der Waals surface area contributed by atoms with Gasteiger partial charge in [0.2, 0.25) is 0 Å². The van der Waals surface area contributed by atoms with Crippen LogP contribution in [-0.4, -0.2) is 34.3 Å². The Balaban J connectivity index is 2.02. The number of benzene rings is 1. The van der Waals surface area contributed by atoms with Gasteiger partial charge in [-0.2, -0.15) is 0 Å². The van der Waals surface area contributed by atoms with Crippen LogP contribution < -0.4 is 4.90 Å². The quantitative estimate of drug-likeness (QED) is 0.916. The number of anilines is 1. The van der Waals surface area contributed by atoms with Crippen LogP contribution in [0.5, 0.6) is 0 Å². The Morgan fingerprint density at radius 3 is 2.53 bits per heavy atom. The van der Waals surface area contributed by atoms with Crippen LogP contribution in [0.3, 0.4) is 0 Å². The van der Waals surface area contributed by atoms with Gasteiger partial charge in [-0.3, -0.25) is 4.98 Å². The summed E-state index contributed by atoms with van der Waals surface area (Å²) in [5.41, 5.74) is 0.641. The van der Waals surface area contributed by atoms with Gasteiger partial charge in [-0.25, -0.2) is 13.8 Å². The molecule has 0 spiro atoms. The first kappa shape index (κ1) is 12.2. The molecule has 0 bridgehead atoms. The Morgan fingerprint density at radius 1 is 1.21 bits per heavy atom. The molecule has 0 amide bonds. The largest absolute Gasteiger partial charge is 0.395 e. The molecule has 4 nitrogen and oxygen atoms in total. The molecule has 1 aliphatic rings. The van der Waals surface area contributed by atoms with Gasteiger partial charge in [-0.1, -0.05) is 0 Å². The standard InChI is InChI=1S/C13H13F2N3O/c14-9-5-11-12(6-10(9)15)17-13(7-16-11)18(3-4-19)8-1-2-8/h5-8,19H,1-4H2. The molecule has 100 valence electrons. The Labute approximate surface area is 108 Å². The summed E-state index contributed by atoms with van der Waals surface area (Å²) in [4.78, 5) is 10.4. The van der Waals surface area contributed by atoms with Crippen molar-refractivity contribution in [3.8, 4) is 0 Å². The van der Waals surface area contributed by atoms with E-state index in [1.165, 1.54) is 6.20 Å². The molecule has 19 heavy (non-hydrogen) atoms. The predicted molar refractivity (Wildman–Crippen MR) is 66.9 cm³/mol. The molecule has 2 aromatic rings. The molecule has 1 aromatic heterocycles. The number of rotatable bonds is 4. The fourth-order valence-electron chi connectivity index (χ4n) is 2.11. The van der Waals surface area contributed by atoms with E-state index in [0.29, 0.717) is 29.4 Å². The third-order valence-corrected chi connectivity index (χ3v) is 3.19. The Hall–Kier alpha value is -1.82. The van der Waals surface area contributed by atoms with E-state index in [1.54, 1.807) is 0 Å². The number of aliphatic hydroxyl groups excluding tert-OH is 1. The van der Waals surface area contributed by atoms with Crippen molar-refractivity contribution < 1.29 is 13.9 Å². The normalized spacial score (nSPS) is 14.9. The minimum atomic E-state index is -0.931. The Morgan fingerprint density at radius 2 is 1.89 bits per heavy atom. The average molecular weight is 265 g/mol. The van der Waals surface area contributed by atoms with Crippen molar-refractivity contribution in [1.29, 1.82) is 0 Å². The van der Waals surface area contributed by atoms with Crippen molar-refractivity contribution in [3.63, 3.8) is 0 Å². The molecular formula is C13H13F2N3O. The lowest BCUT2D eigenvalue weighted by atomic mass is 10.3. The lowest BCUT2D eigenvalue weighted by Crippen LogP contribution is -2.29. The zero-order valence-corrected chi connectivity index (χ0v) is 10.2. The number of aromatic nitrogens is 2. The fraction of sp³-hybridized carbons (Fsp3) is 0.385. The first-order valence-electron chi connectivity index (χ1n) is 6.18. The van der Waals surface area contributed by atoms with E-state index in [9.17, 15) is 8.78 Å². The van der Waals surface area contributed by atoms with Crippen LogP contribution in [0.25, 0.3) is 11.0 Å². The molecule has 1 saturated carbocycles. The molecule has 1 N–H and O–H groups in total. The van der Waals surface area contributed by atoms with Gasteiger partial charge in [0.25, 0.3) is 0 Å². The Bertz CT molecular complexity index is 616. The predicted octanol–water partition coefficient (Wildman–Crippen LogP) is 1.87. The molecule has 0 aliphatic heterocycles. The van der Waals surface area contributed by atoms with Gasteiger partial charge in [0.15, 0.2) is 11.6 Å². The highest BCUT2D eigenvalue weighted by atomic mass is 19.2. The fourth-order valence-corrected chi connectivity index (χ4v) is 2.11. The smallest absolute Gasteiger partial charge is 0.161 e. The number of hydrogen-bond acceptors (Lipinski definition) is 4. The first-order chi connectivity index (χ1) is 9.19. The SMILES string of the molecule is OCCN(c1cnc2cc(F)c(F)cc2n1)C1CC1. The van der Waals surface area contributed by atoms with Crippen molar-refractivity contribution in [3.05, 3.63) is 30.0 Å². The van der Waals surface area contributed by atoms with Crippen molar-refractivity contribution >= 4 is 16.9 Å². The number of halogens is 2. The van der Waals surface area contributed by atoms with Crippen LogP contribution in [0.15, 0.2) is 18.3 Å². The van der Waals surface area contributed by atoms with Gasteiger partial charge in [0, 0.05) is 24.7 Å². The van der Waals surface area contributed by atoms with E-state index >= 15 is 0 Å². The van der Waals surface area contributed by atoms with Crippen LogP contribution in [0.2, 0.25) is 0 Å². The zero-order chi connectivity index (χ0) is 13.4. The second-order valence-electron chi connectivity index (χ2n) is 4.63. The number of nitrogens with zero attached hydrogens (tertiary/aromatic N) is 3. The van der Waals surface area contributed by atoms with Crippen molar-refractivity contribution in [1.82, 2.24) is 9.97 Å². The molecule has 1 aromatic carbocycles.